The van der Waals surface area contributed by atoms with Crippen LogP contribution in [0.15, 0.2) is 0 Å². The lowest BCUT2D eigenvalue weighted by molar-refractivity contribution is -0.235. The first-order chi connectivity index (χ1) is 6.26. The number of thiol groups is 1. The fraction of sp³-hybridized carbons (Fsp3) is 1.00. The molecule has 1 aliphatic heterocycles. The third-order valence-electron chi connectivity index (χ3n) is 2.04. The molecule has 4 N–H and O–H groups in total. The van der Waals surface area contributed by atoms with Gasteiger partial charge in [0.25, 0.3) is 0 Å². The highest BCUT2D eigenvalue weighted by molar-refractivity contribution is 9.10. The van der Waals surface area contributed by atoms with Crippen molar-refractivity contribution in [3.8, 4) is 0 Å². The average molecular weight is 310 g/mol. The van der Waals surface area contributed by atoms with Crippen LogP contribution in [0.2, 0.25) is 0 Å². The van der Waals surface area contributed by atoms with Gasteiger partial charge in [0.1, 0.15) is 17.6 Å². The highest BCUT2D eigenvalue weighted by atomic mass is 79.9. The maximum atomic E-state index is 9.64. The summed E-state index contributed by atoms with van der Waals surface area (Å²) >= 11 is 12.2. The van der Waals surface area contributed by atoms with Gasteiger partial charge in [0.05, 0.1) is 6.61 Å². The summed E-state index contributed by atoms with van der Waals surface area (Å²) in [6, 6.07) is 0. The van der Waals surface area contributed by atoms with Crippen LogP contribution >= 0.6 is 40.2 Å². The second-order valence-electron chi connectivity index (χ2n) is 3.00. The molecule has 0 aromatic heterocycles. The second-order valence-corrected chi connectivity index (χ2v) is 5.37. The predicted molar refractivity (Wildman–Crippen MR) is 55.4 cm³/mol. The van der Waals surface area contributed by atoms with E-state index in [1.807, 2.05) is 0 Å². The minimum Gasteiger partial charge on any atom is -0.392 e. The highest BCUT2D eigenvalue weighted by Crippen LogP contribution is 2.45. The van der Waals surface area contributed by atoms with E-state index in [0.29, 0.717) is 0 Å². The first-order valence-corrected chi connectivity index (χ1v) is 5.38. The van der Waals surface area contributed by atoms with Crippen molar-refractivity contribution in [1.29, 1.82) is 0 Å². The first-order valence-electron chi connectivity index (χ1n) is 3.69. The minimum atomic E-state index is -2.33. The van der Waals surface area contributed by atoms with E-state index in [2.05, 4.69) is 28.6 Å². The average Bonchev–Trinajstić information content (AvgIpc) is 2.12. The van der Waals surface area contributed by atoms with Crippen LogP contribution in [0, 0.1) is 0 Å². The Morgan fingerprint density at radius 2 is 2.00 bits per heavy atom. The molecule has 14 heavy (non-hydrogen) atoms. The maximum absolute atomic E-state index is 9.64. The Hall–Kier alpha value is 0.920. The van der Waals surface area contributed by atoms with Gasteiger partial charge in [0.15, 0.2) is 4.51 Å². The van der Waals surface area contributed by atoms with Crippen molar-refractivity contribution >= 4 is 40.2 Å². The summed E-state index contributed by atoms with van der Waals surface area (Å²) in [5, 5.41) is 35.0. The molecule has 0 saturated carbocycles. The van der Waals surface area contributed by atoms with E-state index < -0.39 is 33.8 Å². The Balaban J connectivity index is 3.01. The Labute approximate surface area is 99.2 Å². The molecule has 0 radical (unpaired) electrons. The van der Waals surface area contributed by atoms with Gasteiger partial charge in [-0.05, 0) is 15.9 Å². The Morgan fingerprint density at radius 3 is 2.43 bits per heavy atom. The molecule has 1 fully saturated rings. The van der Waals surface area contributed by atoms with Crippen molar-refractivity contribution in [3.63, 3.8) is 0 Å². The molecule has 0 aromatic rings. The quantitative estimate of drug-likeness (QED) is 0.317. The molecule has 8 heteroatoms. The van der Waals surface area contributed by atoms with Crippen molar-refractivity contribution in [2.24, 2.45) is 0 Å². The molecule has 0 aliphatic carbocycles. The molecule has 0 aromatic carbocycles. The van der Waals surface area contributed by atoms with Crippen molar-refractivity contribution in [3.05, 3.63) is 0 Å². The van der Waals surface area contributed by atoms with E-state index in [-0.39, 0.29) is 0 Å². The van der Waals surface area contributed by atoms with E-state index in [1.54, 1.807) is 0 Å². The van der Waals surface area contributed by atoms with Gasteiger partial charge < -0.3 is 25.2 Å². The van der Waals surface area contributed by atoms with Crippen molar-refractivity contribution in [2.45, 2.75) is 27.2 Å². The normalized spacial score (nSPS) is 54.6. The second kappa shape index (κ2) is 4.06. The van der Waals surface area contributed by atoms with E-state index in [9.17, 15) is 15.3 Å². The molecule has 1 saturated heterocycles. The summed E-state index contributed by atoms with van der Waals surface area (Å²) in [7, 11) is 0. The summed E-state index contributed by atoms with van der Waals surface area (Å²) in [5.74, 6) is 0. The van der Waals surface area contributed by atoms with Crippen LogP contribution in [0.3, 0.4) is 0 Å². The summed E-state index contributed by atoms with van der Waals surface area (Å²) in [6.45, 7) is -0.687. The number of alkyl halides is 2. The Morgan fingerprint density at radius 1 is 1.50 bits per heavy atom. The Bertz CT molecular complexity index is 228. The molecule has 5 atom stereocenters. The zero-order chi connectivity index (χ0) is 11.1. The van der Waals surface area contributed by atoms with Gasteiger partial charge >= 0.3 is 0 Å². The van der Waals surface area contributed by atoms with E-state index in [4.69, 9.17) is 21.4 Å². The molecule has 5 nitrogen and oxygen atoms in total. The molecular weight excluding hydrogens is 299 g/mol. The Kier molecular flexibility index (Phi) is 3.77. The van der Waals surface area contributed by atoms with Gasteiger partial charge in [-0.2, -0.15) is 0 Å². The standard InChI is InChI=1S/C6H10BrClO5S/c7-5(1-9)6(8,12)3(11)2(10)4(14)13-5/h2-4,9-12,14H,1H2/t2-,3-,4?,5-,6-/m1/s1. The maximum Gasteiger partial charge on any atom is 0.208 e. The molecule has 1 aliphatic rings. The number of ether oxygens (including phenoxy) is 1. The largest absolute Gasteiger partial charge is 0.392 e. The van der Waals surface area contributed by atoms with Gasteiger partial charge in [-0.15, -0.1) is 12.6 Å². The summed E-state index contributed by atoms with van der Waals surface area (Å²) in [4.78, 5) is 0. The predicted octanol–water partition coefficient (Wildman–Crippen LogP) is -0.995. The molecule has 0 bridgehead atoms. The first kappa shape index (κ1) is 13.0. The SMILES string of the molecule is OC[C@@]1(Br)OC(S)[C@H](O)[C@@H](O)[C@]1(O)Cl. The lowest BCUT2D eigenvalue weighted by Crippen LogP contribution is -2.67. The van der Waals surface area contributed by atoms with E-state index >= 15 is 0 Å². The van der Waals surface area contributed by atoms with Crippen LogP contribution in [0.4, 0.5) is 0 Å². The van der Waals surface area contributed by atoms with Gasteiger partial charge in [0.2, 0.25) is 5.06 Å². The molecule has 0 spiro atoms. The third kappa shape index (κ3) is 1.80. The third-order valence-corrected chi connectivity index (χ3v) is 4.25. The van der Waals surface area contributed by atoms with E-state index in [1.165, 1.54) is 0 Å². The highest BCUT2D eigenvalue weighted by Gasteiger charge is 2.61. The van der Waals surface area contributed by atoms with Crippen LogP contribution in [-0.4, -0.2) is 54.2 Å². The lowest BCUT2D eigenvalue weighted by Gasteiger charge is -2.48. The van der Waals surface area contributed by atoms with Gasteiger partial charge in [0, 0.05) is 0 Å². The molecule has 1 heterocycles. The number of halogens is 2. The molecule has 84 valence electrons. The van der Waals surface area contributed by atoms with Crippen LogP contribution < -0.4 is 0 Å². The zero-order valence-corrected chi connectivity index (χ0v) is 10.1. The van der Waals surface area contributed by atoms with Crippen molar-refractivity contribution < 1.29 is 25.2 Å². The van der Waals surface area contributed by atoms with Gasteiger partial charge in [-0.25, -0.2) is 0 Å². The molecular formula is C6H10BrClO5S. The summed E-state index contributed by atoms with van der Waals surface area (Å²) in [5.41, 5.74) is -1.06. The van der Waals surface area contributed by atoms with E-state index in [0.717, 1.165) is 0 Å². The van der Waals surface area contributed by atoms with Crippen molar-refractivity contribution in [1.82, 2.24) is 0 Å². The van der Waals surface area contributed by atoms with Crippen LogP contribution in [-0.2, 0) is 4.74 Å². The number of aliphatic hydroxyl groups excluding tert-OH is 3. The topological polar surface area (TPSA) is 90.2 Å². The molecule has 1 rings (SSSR count). The number of rotatable bonds is 1. The van der Waals surface area contributed by atoms with Gasteiger partial charge in [-0.3, -0.25) is 0 Å². The van der Waals surface area contributed by atoms with Crippen molar-refractivity contribution in [2.75, 3.05) is 6.61 Å². The van der Waals surface area contributed by atoms with Crippen LogP contribution in [0.5, 0.6) is 0 Å². The smallest absolute Gasteiger partial charge is 0.208 e. The fourth-order valence-electron chi connectivity index (χ4n) is 1.09. The van der Waals surface area contributed by atoms with Gasteiger partial charge in [-0.1, -0.05) is 11.6 Å². The molecule has 0 amide bonds. The summed E-state index contributed by atoms with van der Waals surface area (Å²) < 4.78 is 3.20. The fourth-order valence-corrected chi connectivity index (χ4v) is 2.25. The minimum absolute atomic E-state index is 0.687. The van der Waals surface area contributed by atoms with Crippen LogP contribution in [0.1, 0.15) is 0 Å². The monoisotopic (exact) mass is 308 g/mol. The number of aliphatic hydroxyl groups is 4. The lowest BCUT2D eigenvalue weighted by atomic mass is 9.99. The van der Waals surface area contributed by atoms with Crippen LogP contribution in [0.25, 0.3) is 0 Å². The molecule has 1 unspecified atom stereocenters. The number of hydrogen-bond donors (Lipinski definition) is 5. The number of hydrogen-bond acceptors (Lipinski definition) is 6. The zero-order valence-electron chi connectivity index (χ0n) is 6.84. The summed E-state index contributed by atoms with van der Waals surface area (Å²) in [6.07, 6.45) is -3.13.